The normalized spacial score (nSPS) is 10.8. The Hall–Kier alpha value is -2.89. The Morgan fingerprint density at radius 1 is 1.08 bits per heavy atom. The zero-order chi connectivity index (χ0) is 26.1. The SMILES string of the molecule is COc1cc(C=NNC(=O)CCC(=O)Nc2ccccc2F)cc(I)c1OCc1ccc(Cl)cc1Cl. The highest BCUT2D eigenvalue weighted by atomic mass is 127. The second-order valence-corrected chi connectivity index (χ2v) is 9.39. The van der Waals surface area contributed by atoms with Crippen molar-refractivity contribution in [2.75, 3.05) is 12.4 Å². The number of benzene rings is 3. The Labute approximate surface area is 231 Å². The van der Waals surface area contributed by atoms with E-state index in [1.54, 1.807) is 36.4 Å². The third kappa shape index (κ3) is 8.07. The summed E-state index contributed by atoms with van der Waals surface area (Å²) in [5.41, 5.74) is 3.86. The van der Waals surface area contributed by atoms with Crippen LogP contribution in [0.15, 0.2) is 59.7 Å². The summed E-state index contributed by atoms with van der Waals surface area (Å²) in [5, 5.41) is 7.40. The number of nitrogens with one attached hydrogen (secondary N) is 2. The van der Waals surface area contributed by atoms with E-state index in [4.69, 9.17) is 32.7 Å². The van der Waals surface area contributed by atoms with Crippen LogP contribution >= 0.6 is 45.8 Å². The average molecular weight is 644 g/mol. The molecular formula is C25H21Cl2FIN3O4. The molecule has 0 aliphatic carbocycles. The van der Waals surface area contributed by atoms with Gasteiger partial charge in [0, 0.05) is 28.5 Å². The molecule has 3 aromatic rings. The number of amides is 2. The second kappa shape index (κ2) is 13.4. The fourth-order valence-electron chi connectivity index (χ4n) is 2.98. The van der Waals surface area contributed by atoms with Gasteiger partial charge in [-0.05, 0) is 64.6 Å². The summed E-state index contributed by atoms with van der Waals surface area (Å²) in [6.45, 7) is 0.219. The lowest BCUT2D eigenvalue weighted by atomic mass is 10.2. The Kier molecular flexibility index (Phi) is 10.3. The molecule has 0 spiro atoms. The van der Waals surface area contributed by atoms with Crippen molar-refractivity contribution in [3.63, 3.8) is 0 Å². The highest BCUT2D eigenvalue weighted by Crippen LogP contribution is 2.35. The van der Waals surface area contributed by atoms with Crippen molar-refractivity contribution >= 4 is 69.5 Å². The monoisotopic (exact) mass is 643 g/mol. The molecule has 188 valence electrons. The minimum Gasteiger partial charge on any atom is -0.493 e. The van der Waals surface area contributed by atoms with Crippen molar-refractivity contribution in [2.45, 2.75) is 19.4 Å². The van der Waals surface area contributed by atoms with Gasteiger partial charge in [0.05, 0.1) is 22.6 Å². The van der Waals surface area contributed by atoms with Crippen LogP contribution in [0.4, 0.5) is 10.1 Å². The van der Waals surface area contributed by atoms with Crippen molar-refractivity contribution in [1.29, 1.82) is 0 Å². The summed E-state index contributed by atoms with van der Waals surface area (Å²) >= 11 is 14.3. The topological polar surface area (TPSA) is 89.0 Å². The van der Waals surface area contributed by atoms with Crippen molar-refractivity contribution in [3.05, 3.63) is 85.2 Å². The van der Waals surface area contributed by atoms with Crippen molar-refractivity contribution in [2.24, 2.45) is 5.10 Å². The largest absolute Gasteiger partial charge is 0.493 e. The first-order chi connectivity index (χ1) is 17.3. The van der Waals surface area contributed by atoms with E-state index in [9.17, 15) is 14.0 Å². The van der Waals surface area contributed by atoms with Crippen molar-refractivity contribution < 1.29 is 23.5 Å². The minimum atomic E-state index is -0.546. The van der Waals surface area contributed by atoms with Crippen LogP contribution in [0.2, 0.25) is 10.0 Å². The molecule has 0 atom stereocenters. The highest BCUT2D eigenvalue weighted by molar-refractivity contribution is 14.1. The molecule has 0 bridgehead atoms. The molecule has 0 heterocycles. The number of halogens is 4. The summed E-state index contributed by atoms with van der Waals surface area (Å²) in [6.07, 6.45) is 1.21. The van der Waals surface area contributed by atoms with Crippen molar-refractivity contribution in [3.8, 4) is 11.5 Å². The molecule has 36 heavy (non-hydrogen) atoms. The van der Waals surface area contributed by atoms with Gasteiger partial charge >= 0.3 is 0 Å². The minimum absolute atomic E-state index is 0.0631. The van der Waals surface area contributed by atoms with Gasteiger partial charge in [-0.2, -0.15) is 5.10 Å². The molecule has 3 rings (SSSR count). The molecule has 0 radical (unpaired) electrons. The third-order valence-corrected chi connectivity index (χ3v) is 6.16. The van der Waals surface area contributed by atoms with Gasteiger partial charge in [0.25, 0.3) is 0 Å². The first kappa shape index (κ1) is 27.7. The summed E-state index contributed by atoms with van der Waals surface area (Å²) in [7, 11) is 1.52. The Morgan fingerprint density at radius 3 is 2.56 bits per heavy atom. The van der Waals surface area contributed by atoms with E-state index in [-0.39, 0.29) is 25.1 Å². The van der Waals surface area contributed by atoms with Gasteiger partial charge in [-0.15, -0.1) is 0 Å². The van der Waals surface area contributed by atoms with E-state index in [2.05, 4.69) is 38.4 Å². The van der Waals surface area contributed by atoms with Crippen LogP contribution < -0.4 is 20.2 Å². The van der Waals surface area contributed by atoms with E-state index in [1.165, 1.54) is 31.5 Å². The van der Waals surface area contributed by atoms with Gasteiger partial charge in [-0.25, -0.2) is 9.82 Å². The summed E-state index contributed by atoms with van der Waals surface area (Å²) in [4.78, 5) is 24.0. The van der Waals surface area contributed by atoms with Gasteiger partial charge in [0.15, 0.2) is 11.5 Å². The first-order valence-electron chi connectivity index (χ1n) is 10.6. The number of carbonyl (C=O) groups is 2. The van der Waals surface area contributed by atoms with Gasteiger partial charge in [0.2, 0.25) is 11.8 Å². The molecule has 2 N–H and O–H groups in total. The maximum atomic E-state index is 13.6. The molecule has 11 heteroatoms. The number of nitrogens with zero attached hydrogens (tertiary/aromatic N) is 1. The molecule has 0 aliphatic heterocycles. The maximum Gasteiger partial charge on any atom is 0.240 e. The second-order valence-electron chi connectivity index (χ2n) is 7.38. The molecule has 0 saturated heterocycles. The lowest BCUT2D eigenvalue weighted by Gasteiger charge is -2.14. The molecule has 7 nitrogen and oxygen atoms in total. The van der Waals surface area contributed by atoms with E-state index in [0.29, 0.717) is 27.1 Å². The molecule has 0 fully saturated rings. The zero-order valence-corrected chi connectivity index (χ0v) is 22.7. The van der Waals surface area contributed by atoms with Gasteiger partial charge < -0.3 is 14.8 Å². The average Bonchev–Trinajstić information content (AvgIpc) is 2.84. The number of carbonyl (C=O) groups excluding carboxylic acids is 2. The quantitative estimate of drug-likeness (QED) is 0.157. The van der Waals surface area contributed by atoms with Crippen molar-refractivity contribution in [1.82, 2.24) is 5.43 Å². The predicted octanol–water partition coefficient (Wildman–Crippen LogP) is 6.19. The molecule has 0 aliphatic rings. The molecule has 2 amide bonds. The number of rotatable bonds is 10. The van der Waals surface area contributed by atoms with E-state index >= 15 is 0 Å². The predicted molar refractivity (Wildman–Crippen MR) is 147 cm³/mol. The van der Waals surface area contributed by atoms with Crippen LogP contribution in [0.1, 0.15) is 24.0 Å². The maximum absolute atomic E-state index is 13.6. The van der Waals surface area contributed by atoms with Gasteiger partial charge in [-0.1, -0.05) is 41.4 Å². The fourth-order valence-corrected chi connectivity index (χ4v) is 4.22. The fraction of sp³-hybridized carbons (Fsp3) is 0.160. The number of ether oxygens (including phenoxy) is 2. The summed E-state index contributed by atoms with van der Waals surface area (Å²) < 4.78 is 25.7. The van der Waals surface area contributed by atoms with Crippen LogP contribution in [0.25, 0.3) is 0 Å². The summed E-state index contributed by atoms with van der Waals surface area (Å²) in [5.74, 6) is -0.476. The Bertz CT molecular complexity index is 1290. The summed E-state index contributed by atoms with van der Waals surface area (Å²) in [6, 6.07) is 14.5. The molecule has 0 saturated carbocycles. The van der Waals surface area contributed by atoms with Crippen LogP contribution in [0.5, 0.6) is 11.5 Å². The number of para-hydroxylation sites is 1. The third-order valence-electron chi connectivity index (χ3n) is 4.77. The Balaban J connectivity index is 1.54. The number of hydrazone groups is 1. The van der Waals surface area contributed by atoms with E-state index < -0.39 is 17.6 Å². The van der Waals surface area contributed by atoms with E-state index in [1.807, 2.05) is 0 Å². The Morgan fingerprint density at radius 2 is 1.83 bits per heavy atom. The highest BCUT2D eigenvalue weighted by Gasteiger charge is 2.13. The van der Waals surface area contributed by atoms with Crippen LogP contribution in [-0.2, 0) is 16.2 Å². The molecule has 3 aromatic carbocycles. The zero-order valence-electron chi connectivity index (χ0n) is 19.0. The van der Waals surface area contributed by atoms with E-state index in [0.717, 1.165) is 9.13 Å². The number of hydrogen-bond donors (Lipinski definition) is 2. The number of anilines is 1. The van der Waals surface area contributed by atoms with Gasteiger partial charge in [0.1, 0.15) is 12.4 Å². The lowest BCUT2D eigenvalue weighted by Crippen LogP contribution is -2.21. The van der Waals surface area contributed by atoms with Gasteiger partial charge in [-0.3, -0.25) is 9.59 Å². The van der Waals surface area contributed by atoms with Crippen LogP contribution in [-0.4, -0.2) is 25.1 Å². The molecular weight excluding hydrogens is 623 g/mol. The molecule has 0 aromatic heterocycles. The lowest BCUT2D eigenvalue weighted by molar-refractivity contribution is -0.124. The van der Waals surface area contributed by atoms with Crippen LogP contribution in [0.3, 0.4) is 0 Å². The molecule has 0 unspecified atom stereocenters. The standard InChI is InChI=1S/C25H21Cl2FIN3O4/c1-35-22-11-15(10-20(29)25(22)36-14-16-6-7-17(26)12-18(16)27)13-30-32-24(34)9-8-23(33)31-21-5-3-2-4-19(21)28/h2-7,10-13H,8-9,14H2,1H3,(H,31,33)(H,32,34). The smallest absolute Gasteiger partial charge is 0.240 e. The number of hydrogen-bond acceptors (Lipinski definition) is 5. The van der Waals surface area contributed by atoms with Crippen LogP contribution in [0, 0.1) is 9.39 Å². The first-order valence-corrected chi connectivity index (χ1v) is 12.4. The number of methoxy groups -OCH3 is 1.